The van der Waals surface area contributed by atoms with Gasteiger partial charge in [0, 0.05) is 27.6 Å². The zero-order valence-electron chi connectivity index (χ0n) is 16.0. The van der Waals surface area contributed by atoms with Gasteiger partial charge in [-0.3, -0.25) is 9.36 Å². The molecule has 30 heavy (non-hydrogen) atoms. The lowest BCUT2D eigenvalue weighted by atomic mass is 10.1. The van der Waals surface area contributed by atoms with Gasteiger partial charge in [-0.25, -0.2) is 0 Å². The van der Waals surface area contributed by atoms with Crippen LogP contribution in [0, 0.1) is 6.92 Å². The van der Waals surface area contributed by atoms with Crippen LogP contribution in [0.3, 0.4) is 0 Å². The Labute approximate surface area is 177 Å². The fourth-order valence-electron chi connectivity index (χ4n) is 3.43. The van der Waals surface area contributed by atoms with Crippen molar-refractivity contribution >= 4 is 22.4 Å². The van der Waals surface area contributed by atoms with Crippen molar-refractivity contribution in [3.63, 3.8) is 0 Å². The minimum absolute atomic E-state index is 0.144. The summed E-state index contributed by atoms with van der Waals surface area (Å²) >= 11 is 6.15. The molecule has 0 aliphatic heterocycles. The SMILES string of the molecule is Cc1ccc(-c2noc(-c3cn(-c4cccc(Cl)c4)c(=O)c4ccccc34)n2)cc1. The number of halogens is 1. The summed E-state index contributed by atoms with van der Waals surface area (Å²) in [5.74, 6) is 0.840. The summed E-state index contributed by atoms with van der Waals surface area (Å²) in [6.45, 7) is 2.02. The monoisotopic (exact) mass is 413 g/mol. The smallest absolute Gasteiger partial charge is 0.262 e. The van der Waals surface area contributed by atoms with Crippen molar-refractivity contribution in [2.24, 2.45) is 0 Å². The van der Waals surface area contributed by atoms with Gasteiger partial charge >= 0.3 is 0 Å². The van der Waals surface area contributed by atoms with Crippen LogP contribution < -0.4 is 5.56 Å². The van der Waals surface area contributed by atoms with Crippen LogP contribution >= 0.6 is 11.6 Å². The molecule has 0 spiro atoms. The normalized spacial score (nSPS) is 11.1. The van der Waals surface area contributed by atoms with Crippen molar-refractivity contribution < 1.29 is 4.52 Å². The van der Waals surface area contributed by atoms with Crippen molar-refractivity contribution in [2.45, 2.75) is 6.92 Å². The zero-order chi connectivity index (χ0) is 20.7. The summed E-state index contributed by atoms with van der Waals surface area (Å²) in [6.07, 6.45) is 1.72. The Hall–Kier alpha value is -3.70. The second kappa shape index (κ2) is 7.28. The lowest BCUT2D eigenvalue weighted by Crippen LogP contribution is -2.18. The molecule has 0 atom stereocenters. The van der Waals surface area contributed by atoms with Crippen molar-refractivity contribution in [2.75, 3.05) is 0 Å². The summed E-state index contributed by atoms with van der Waals surface area (Å²) in [6, 6.07) is 22.4. The largest absolute Gasteiger partial charge is 0.334 e. The molecule has 5 rings (SSSR count). The van der Waals surface area contributed by atoms with Gasteiger partial charge in [0.25, 0.3) is 11.4 Å². The maximum absolute atomic E-state index is 13.1. The first-order valence-corrected chi connectivity index (χ1v) is 9.79. The first-order valence-electron chi connectivity index (χ1n) is 9.41. The molecule has 0 saturated heterocycles. The summed E-state index contributed by atoms with van der Waals surface area (Å²) in [5.41, 5.74) is 3.22. The molecule has 0 radical (unpaired) electrons. The average Bonchev–Trinajstić information content (AvgIpc) is 3.25. The molecule has 5 aromatic rings. The number of hydrogen-bond acceptors (Lipinski definition) is 4. The van der Waals surface area contributed by atoms with Crippen molar-refractivity contribution in [3.05, 3.63) is 99.9 Å². The van der Waals surface area contributed by atoms with Crippen LogP contribution in [-0.2, 0) is 0 Å². The van der Waals surface area contributed by atoms with Crippen LogP contribution in [0.2, 0.25) is 5.02 Å². The minimum Gasteiger partial charge on any atom is -0.334 e. The number of nitrogens with zero attached hydrogens (tertiary/aromatic N) is 3. The predicted octanol–water partition coefficient (Wildman–Crippen LogP) is 5.67. The van der Waals surface area contributed by atoms with Crippen LogP contribution in [0.15, 0.2) is 88.3 Å². The predicted molar refractivity (Wildman–Crippen MR) is 118 cm³/mol. The molecule has 2 heterocycles. The number of hydrogen-bond donors (Lipinski definition) is 0. The molecular formula is C24H16ClN3O2. The Morgan fingerprint density at radius 1 is 0.933 bits per heavy atom. The Morgan fingerprint density at radius 3 is 2.47 bits per heavy atom. The van der Waals surface area contributed by atoms with E-state index in [4.69, 9.17) is 16.1 Å². The maximum atomic E-state index is 13.1. The molecule has 0 saturated carbocycles. The highest BCUT2D eigenvalue weighted by molar-refractivity contribution is 6.30. The third-order valence-electron chi connectivity index (χ3n) is 4.98. The van der Waals surface area contributed by atoms with E-state index in [0.717, 1.165) is 16.5 Å². The molecule has 0 aliphatic rings. The molecule has 146 valence electrons. The van der Waals surface area contributed by atoms with E-state index >= 15 is 0 Å². The first-order chi connectivity index (χ1) is 14.6. The van der Waals surface area contributed by atoms with Gasteiger partial charge < -0.3 is 4.52 Å². The fraction of sp³-hybridized carbons (Fsp3) is 0.0417. The number of fused-ring (bicyclic) bond motifs is 1. The number of aryl methyl sites for hydroxylation is 1. The van der Waals surface area contributed by atoms with Gasteiger partial charge in [-0.15, -0.1) is 0 Å². The van der Waals surface area contributed by atoms with Crippen LogP contribution in [0.4, 0.5) is 0 Å². The summed E-state index contributed by atoms with van der Waals surface area (Å²) < 4.78 is 7.15. The molecule has 0 amide bonds. The Bertz CT molecular complexity index is 1440. The van der Waals surface area contributed by atoms with Crippen molar-refractivity contribution in [1.82, 2.24) is 14.7 Å². The summed E-state index contributed by atoms with van der Waals surface area (Å²) in [4.78, 5) is 17.7. The third-order valence-corrected chi connectivity index (χ3v) is 5.21. The number of rotatable bonds is 3. The molecule has 3 aromatic carbocycles. The van der Waals surface area contributed by atoms with Crippen LogP contribution in [0.1, 0.15) is 5.56 Å². The van der Waals surface area contributed by atoms with Gasteiger partial charge in [-0.2, -0.15) is 4.98 Å². The van der Waals surface area contributed by atoms with Crippen LogP contribution in [0.5, 0.6) is 0 Å². The van der Waals surface area contributed by atoms with Crippen molar-refractivity contribution in [3.8, 4) is 28.5 Å². The standard InChI is InChI=1S/C24H16ClN3O2/c1-15-9-11-16(12-10-15)22-26-23(30-27-22)21-14-28(18-6-4-5-17(25)13-18)24(29)20-8-3-2-7-19(20)21/h2-14H,1H3. The van der Waals surface area contributed by atoms with Crippen molar-refractivity contribution in [1.29, 1.82) is 0 Å². The van der Waals surface area contributed by atoms with E-state index in [9.17, 15) is 4.79 Å². The molecule has 5 nitrogen and oxygen atoms in total. The molecule has 0 bridgehead atoms. The van der Waals surface area contributed by atoms with Gasteiger partial charge in [0.05, 0.1) is 11.3 Å². The highest BCUT2D eigenvalue weighted by atomic mass is 35.5. The molecule has 0 aliphatic carbocycles. The lowest BCUT2D eigenvalue weighted by molar-refractivity contribution is 0.432. The Balaban J connectivity index is 1.72. The topological polar surface area (TPSA) is 60.9 Å². The van der Waals surface area contributed by atoms with E-state index in [1.165, 1.54) is 0 Å². The summed E-state index contributed by atoms with van der Waals surface area (Å²) in [5, 5.41) is 6.00. The first kappa shape index (κ1) is 18.3. The van der Waals surface area contributed by atoms with Gasteiger partial charge in [0.2, 0.25) is 5.82 Å². The second-order valence-corrected chi connectivity index (χ2v) is 7.47. The molecule has 2 aromatic heterocycles. The molecular weight excluding hydrogens is 398 g/mol. The molecule has 0 N–H and O–H groups in total. The number of pyridine rings is 1. The third kappa shape index (κ3) is 3.19. The average molecular weight is 414 g/mol. The quantitative estimate of drug-likeness (QED) is 0.382. The van der Waals surface area contributed by atoms with E-state index in [1.54, 1.807) is 35.0 Å². The van der Waals surface area contributed by atoms with E-state index in [2.05, 4.69) is 10.1 Å². The summed E-state index contributed by atoms with van der Waals surface area (Å²) in [7, 11) is 0. The van der Waals surface area contributed by atoms with Gasteiger partial charge in [0.1, 0.15) is 0 Å². The van der Waals surface area contributed by atoms with Gasteiger partial charge in [-0.1, -0.05) is 70.9 Å². The maximum Gasteiger partial charge on any atom is 0.262 e. The molecule has 6 heteroatoms. The van der Waals surface area contributed by atoms with Crippen LogP contribution in [-0.4, -0.2) is 14.7 Å². The van der Waals surface area contributed by atoms with E-state index in [0.29, 0.717) is 33.4 Å². The number of aromatic nitrogens is 3. The van der Waals surface area contributed by atoms with E-state index in [-0.39, 0.29) is 5.56 Å². The number of benzene rings is 3. The van der Waals surface area contributed by atoms with E-state index < -0.39 is 0 Å². The van der Waals surface area contributed by atoms with Gasteiger partial charge in [0.15, 0.2) is 0 Å². The molecule has 0 fully saturated rings. The highest BCUT2D eigenvalue weighted by Gasteiger charge is 2.17. The van der Waals surface area contributed by atoms with Gasteiger partial charge in [-0.05, 0) is 31.2 Å². The fourth-order valence-corrected chi connectivity index (χ4v) is 3.62. The minimum atomic E-state index is -0.144. The Morgan fingerprint density at radius 2 is 1.70 bits per heavy atom. The Kier molecular flexibility index (Phi) is 4.45. The zero-order valence-corrected chi connectivity index (χ0v) is 16.8. The van der Waals surface area contributed by atoms with Crippen LogP contribution in [0.25, 0.3) is 39.3 Å². The van der Waals surface area contributed by atoms with E-state index in [1.807, 2.05) is 55.5 Å². The lowest BCUT2D eigenvalue weighted by Gasteiger charge is -2.10. The highest BCUT2D eigenvalue weighted by Crippen LogP contribution is 2.29. The second-order valence-electron chi connectivity index (χ2n) is 7.03. The molecule has 0 unspecified atom stereocenters.